The van der Waals surface area contributed by atoms with E-state index in [9.17, 15) is 4.79 Å². The predicted molar refractivity (Wildman–Crippen MR) is 66.2 cm³/mol. The Hall–Kier alpha value is -1.03. The van der Waals surface area contributed by atoms with E-state index in [0.717, 1.165) is 10.8 Å². The quantitative estimate of drug-likeness (QED) is 0.753. The van der Waals surface area contributed by atoms with Crippen LogP contribution in [0.1, 0.15) is 0 Å². The van der Waals surface area contributed by atoms with Crippen LogP contribution in [-0.2, 0) is 0 Å². The van der Waals surface area contributed by atoms with Crippen LogP contribution in [0.3, 0.4) is 0 Å². The molecule has 2 aromatic carbocycles. The number of fused-ring (bicyclic) bond motifs is 1. The van der Waals surface area contributed by atoms with Crippen LogP contribution in [-0.4, -0.2) is 42.7 Å². The van der Waals surface area contributed by atoms with Crippen molar-refractivity contribution in [2.75, 3.05) is 7.05 Å². The molecule has 1 amide bonds. The summed E-state index contributed by atoms with van der Waals surface area (Å²) in [6.07, 6.45) is -0.452. The molecule has 0 aliphatic carbocycles. The first kappa shape index (κ1) is 13.0. The van der Waals surface area contributed by atoms with Crippen LogP contribution in [0.15, 0.2) is 42.5 Å². The van der Waals surface area contributed by atoms with E-state index in [4.69, 9.17) is 4.74 Å². The monoisotopic (exact) mass is 225 g/mol. The van der Waals surface area contributed by atoms with Crippen molar-refractivity contribution in [3.63, 3.8) is 0 Å². The Balaban J connectivity index is 0.00000128. The van der Waals surface area contributed by atoms with E-state index in [-0.39, 0.29) is 29.6 Å². The Bertz CT molecular complexity index is 494. The van der Waals surface area contributed by atoms with Gasteiger partial charge in [0, 0.05) is 12.4 Å². The topological polar surface area (TPSA) is 38.3 Å². The molecule has 16 heavy (non-hydrogen) atoms. The van der Waals surface area contributed by atoms with Crippen molar-refractivity contribution in [3.8, 4) is 5.75 Å². The van der Waals surface area contributed by atoms with Gasteiger partial charge in [-0.1, -0.05) is 36.4 Å². The van der Waals surface area contributed by atoms with E-state index in [1.54, 1.807) is 6.07 Å². The van der Waals surface area contributed by atoms with Gasteiger partial charge in [-0.15, -0.1) is 0 Å². The maximum atomic E-state index is 11.1. The summed E-state index contributed by atoms with van der Waals surface area (Å²) in [4.78, 5) is 11.1. The van der Waals surface area contributed by atoms with Crippen LogP contribution < -0.4 is 10.1 Å². The van der Waals surface area contributed by atoms with Crippen LogP contribution in [0.5, 0.6) is 5.75 Å². The van der Waals surface area contributed by atoms with Gasteiger partial charge < -0.3 is 10.1 Å². The van der Waals surface area contributed by atoms with E-state index in [2.05, 4.69) is 5.32 Å². The van der Waals surface area contributed by atoms with Crippen LogP contribution in [0.4, 0.5) is 4.79 Å². The fourth-order valence-electron chi connectivity index (χ4n) is 1.44. The zero-order valence-electron chi connectivity index (χ0n) is 8.36. The second-order valence-corrected chi connectivity index (χ2v) is 3.12. The van der Waals surface area contributed by atoms with Crippen molar-refractivity contribution in [2.45, 2.75) is 0 Å². The van der Waals surface area contributed by atoms with Crippen molar-refractivity contribution in [1.82, 2.24) is 5.32 Å². The zero-order valence-corrected chi connectivity index (χ0v) is 8.36. The zero-order chi connectivity index (χ0) is 10.7. The molecule has 1 N–H and O–H groups in total. The molecule has 3 nitrogen and oxygen atoms in total. The van der Waals surface area contributed by atoms with Crippen molar-refractivity contribution in [2.24, 2.45) is 0 Å². The maximum absolute atomic E-state index is 11.1. The Morgan fingerprint density at radius 3 is 2.56 bits per heavy atom. The fourth-order valence-corrected chi connectivity index (χ4v) is 1.44. The molecular weight excluding hydrogens is 213 g/mol. The van der Waals surface area contributed by atoms with Gasteiger partial charge in [0.15, 0.2) is 0 Å². The number of amides is 1. The summed E-state index contributed by atoms with van der Waals surface area (Å²) in [5, 5.41) is 4.41. The van der Waals surface area contributed by atoms with Crippen molar-refractivity contribution < 1.29 is 9.53 Å². The average molecular weight is 225 g/mol. The molecule has 0 unspecified atom stereocenters. The third-order valence-corrected chi connectivity index (χ3v) is 2.16. The van der Waals surface area contributed by atoms with Gasteiger partial charge in [0.05, 0.1) is 0 Å². The minimum absolute atomic E-state index is 0. The molecule has 0 atom stereocenters. The van der Waals surface area contributed by atoms with Gasteiger partial charge in [0.2, 0.25) is 0 Å². The number of rotatable bonds is 1. The third-order valence-electron chi connectivity index (χ3n) is 2.16. The second kappa shape index (κ2) is 5.89. The number of hydrogen-bond donors (Lipinski definition) is 1. The van der Waals surface area contributed by atoms with Gasteiger partial charge in [0.25, 0.3) is 0 Å². The number of hydrogen-bond acceptors (Lipinski definition) is 2. The first-order valence-electron chi connectivity index (χ1n) is 4.68. The van der Waals surface area contributed by atoms with Crippen molar-refractivity contribution in [3.05, 3.63) is 42.5 Å². The first-order valence-corrected chi connectivity index (χ1v) is 4.68. The molecule has 0 spiro atoms. The summed E-state index contributed by atoms with van der Waals surface area (Å²) in [5.74, 6) is 0.576. The van der Waals surface area contributed by atoms with Crippen LogP contribution in [0.25, 0.3) is 10.8 Å². The Labute approximate surface area is 116 Å². The number of carbonyl (C=O) groups is 1. The van der Waals surface area contributed by atoms with Crippen molar-refractivity contribution in [1.29, 1.82) is 0 Å². The molecular formula is C12H12NNaO2. The predicted octanol–water partition coefficient (Wildman–Crippen LogP) is 1.91. The van der Waals surface area contributed by atoms with Gasteiger partial charge in [-0.2, -0.15) is 0 Å². The van der Waals surface area contributed by atoms with E-state index in [1.165, 1.54) is 7.05 Å². The van der Waals surface area contributed by atoms with Crippen molar-refractivity contribution >= 4 is 46.4 Å². The third kappa shape index (κ3) is 2.76. The molecule has 0 aliphatic heterocycles. The van der Waals surface area contributed by atoms with E-state index < -0.39 is 6.09 Å². The molecule has 78 valence electrons. The van der Waals surface area contributed by atoms with Gasteiger partial charge in [-0.25, -0.2) is 4.79 Å². The normalized spacial score (nSPS) is 9.31. The minimum atomic E-state index is -0.452. The molecule has 2 aromatic rings. The molecule has 0 heterocycles. The Morgan fingerprint density at radius 2 is 1.81 bits per heavy atom. The molecule has 0 bridgehead atoms. The van der Waals surface area contributed by atoms with E-state index in [1.807, 2.05) is 36.4 Å². The summed E-state index contributed by atoms with van der Waals surface area (Å²) in [5.41, 5.74) is 0. The fraction of sp³-hybridized carbons (Fsp3) is 0.0833. The summed E-state index contributed by atoms with van der Waals surface area (Å²) in [6.45, 7) is 0. The molecule has 0 aromatic heterocycles. The van der Waals surface area contributed by atoms with E-state index in [0.29, 0.717) is 5.75 Å². The van der Waals surface area contributed by atoms with Gasteiger partial charge in [-0.05, 0) is 11.5 Å². The number of nitrogens with one attached hydrogen (secondary N) is 1. The number of carbonyl (C=O) groups excluding carboxylic acids is 1. The van der Waals surface area contributed by atoms with Gasteiger partial charge in [-0.3, -0.25) is 0 Å². The Kier molecular flexibility index (Phi) is 4.80. The summed E-state index contributed by atoms with van der Waals surface area (Å²) < 4.78 is 5.13. The molecule has 0 fully saturated rings. The molecule has 0 saturated carbocycles. The number of ether oxygens (including phenoxy) is 1. The van der Waals surface area contributed by atoms with Crippen LogP contribution in [0.2, 0.25) is 0 Å². The summed E-state index contributed by atoms with van der Waals surface area (Å²) in [6, 6.07) is 13.4. The number of benzene rings is 2. The standard InChI is InChI=1S/C12H11NO2.Na.H/c1-13-12(14)15-11-8-4-6-9-5-2-3-7-10(9)11;;/h2-8H,1H3,(H,13,14);;. The average Bonchev–Trinajstić information content (AvgIpc) is 2.29. The summed E-state index contributed by atoms with van der Waals surface area (Å²) >= 11 is 0. The molecule has 0 saturated heterocycles. The Morgan fingerprint density at radius 1 is 1.12 bits per heavy atom. The first-order chi connectivity index (χ1) is 7.31. The van der Waals surface area contributed by atoms with Gasteiger partial charge in [0.1, 0.15) is 5.75 Å². The molecule has 0 aliphatic rings. The molecule has 4 heteroatoms. The SMILES string of the molecule is CNC(=O)Oc1cccc2ccccc12.[NaH]. The van der Waals surface area contributed by atoms with E-state index >= 15 is 0 Å². The van der Waals surface area contributed by atoms with Crippen LogP contribution in [0, 0.1) is 0 Å². The molecule has 2 rings (SSSR count). The summed E-state index contributed by atoms with van der Waals surface area (Å²) in [7, 11) is 1.54. The van der Waals surface area contributed by atoms with Crippen LogP contribution >= 0.6 is 0 Å². The second-order valence-electron chi connectivity index (χ2n) is 3.12. The molecule has 0 radical (unpaired) electrons. The van der Waals surface area contributed by atoms with Gasteiger partial charge >= 0.3 is 35.7 Å².